The Morgan fingerprint density at radius 3 is 2.43 bits per heavy atom. The van der Waals surface area contributed by atoms with Gasteiger partial charge in [0.05, 0.1) is 27.5 Å². The minimum Gasteiger partial charge on any atom is -0.298 e. The number of anilines is 1. The highest BCUT2D eigenvalue weighted by Gasteiger charge is 2.21. The lowest BCUT2D eigenvalue weighted by molar-refractivity contribution is 0.102. The van der Waals surface area contributed by atoms with E-state index in [-0.39, 0.29) is 5.91 Å². The van der Waals surface area contributed by atoms with E-state index in [2.05, 4.69) is 23.5 Å². The Kier molecular flexibility index (Phi) is 6.13. The highest BCUT2D eigenvalue weighted by Crippen LogP contribution is 2.36. The average molecular weight is 540 g/mol. The normalized spacial score (nSPS) is 11.2. The predicted molar refractivity (Wildman–Crippen MR) is 155 cm³/mol. The van der Waals surface area contributed by atoms with Crippen molar-refractivity contribution < 1.29 is 4.79 Å². The Balaban J connectivity index is 1.41. The van der Waals surface area contributed by atoms with Crippen LogP contribution in [0, 0.1) is 6.92 Å². The molecule has 0 unspecified atom stereocenters. The van der Waals surface area contributed by atoms with E-state index in [1.807, 2.05) is 66.9 Å². The Hall–Kier alpha value is -3.77. The van der Waals surface area contributed by atoms with E-state index in [1.165, 1.54) is 11.3 Å². The predicted octanol–water partition coefficient (Wildman–Crippen LogP) is 9.05. The zero-order valence-electron chi connectivity index (χ0n) is 19.6. The van der Waals surface area contributed by atoms with Crippen LogP contribution in [0.15, 0.2) is 90.3 Å². The number of amides is 1. The van der Waals surface area contributed by atoms with Crippen LogP contribution in [0.25, 0.3) is 44.2 Å². The Bertz CT molecular complexity index is 1820. The molecule has 7 heteroatoms. The molecule has 1 amide bonds. The molecule has 6 rings (SSSR count). The number of rotatable bonds is 4. The third kappa shape index (κ3) is 4.36. The number of para-hydroxylation sites is 1. The summed E-state index contributed by atoms with van der Waals surface area (Å²) in [6.07, 6.45) is 0. The Morgan fingerprint density at radius 1 is 0.838 bits per heavy atom. The van der Waals surface area contributed by atoms with Gasteiger partial charge in [-0.05, 0) is 47.5 Å². The molecule has 0 aliphatic heterocycles. The summed E-state index contributed by atoms with van der Waals surface area (Å²) >= 11 is 14.0. The van der Waals surface area contributed by atoms with Crippen molar-refractivity contribution >= 4 is 67.3 Å². The number of carbonyl (C=O) groups is 1. The number of pyridine rings is 1. The largest absolute Gasteiger partial charge is 0.298 e. The molecule has 2 aromatic heterocycles. The van der Waals surface area contributed by atoms with Crippen molar-refractivity contribution in [2.24, 2.45) is 0 Å². The molecule has 0 saturated carbocycles. The number of aromatic nitrogens is 2. The standard InChI is InChI=1S/C30H19Cl2N3OS/c1-17-27(23-10-4-5-12-25(23)33-28(17)22-14-13-19(31)15-24(22)32)29(36)35-30-34-26(16-37-30)21-11-6-8-18-7-2-3-9-20(18)21/h2-16H,1H3,(H,34,35,36). The summed E-state index contributed by atoms with van der Waals surface area (Å²) in [5, 5.41) is 9.55. The lowest BCUT2D eigenvalue weighted by atomic mass is 9.97. The molecular formula is C30H19Cl2N3OS. The number of carbonyl (C=O) groups excluding carboxylic acids is 1. The molecule has 1 N–H and O–H groups in total. The summed E-state index contributed by atoms with van der Waals surface area (Å²) in [7, 11) is 0. The molecule has 37 heavy (non-hydrogen) atoms. The van der Waals surface area contributed by atoms with E-state index in [0.29, 0.717) is 32.0 Å². The van der Waals surface area contributed by atoms with Crippen LogP contribution in [0.4, 0.5) is 5.13 Å². The van der Waals surface area contributed by atoms with Gasteiger partial charge in [0.15, 0.2) is 5.13 Å². The second-order valence-electron chi connectivity index (χ2n) is 8.62. The van der Waals surface area contributed by atoms with Gasteiger partial charge in [-0.3, -0.25) is 10.1 Å². The van der Waals surface area contributed by atoms with Gasteiger partial charge in [0.25, 0.3) is 5.91 Å². The van der Waals surface area contributed by atoms with Crippen molar-refractivity contribution in [3.8, 4) is 22.5 Å². The molecular weight excluding hydrogens is 521 g/mol. The van der Waals surface area contributed by atoms with Gasteiger partial charge < -0.3 is 0 Å². The summed E-state index contributed by atoms with van der Waals surface area (Å²) in [6, 6.07) is 27.2. The third-order valence-electron chi connectivity index (χ3n) is 6.34. The van der Waals surface area contributed by atoms with Crippen molar-refractivity contribution in [3.63, 3.8) is 0 Å². The molecule has 0 bridgehead atoms. The topological polar surface area (TPSA) is 54.9 Å². The molecule has 6 aromatic rings. The number of hydrogen-bond donors (Lipinski definition) is 1. The summed E-state index contributed by atoms with van der Waals surface area (Å²) in [5.41, 5.74) is 5.17. The molecule has 0 spiro atoms. The van der Waals surface area contributed by atoms with Crippen molar-refractivity contribution in [1.82, 2.24) is 9.97 Å². The summed E-state index contributed by atoms with van der Waals surface area (Å²) in [5.74, 6) is -0.249. The van der Waals surface area contributed by atoms with E-state index in [9.17, 15) is 4.79 Å². The Labute approximate surface area is 227 Å². The first kappa shape index (κ1) is 23.6. The van der Waals surface area contributed by atoms with E-state index in [4.69, 9.17) is 33.2 Å². The second-order valence-corrected chi connectivity index (χ2v) is 10.3. The SMILES string of the molecule is Cc1c(-c2ccc(Cl)cc2Cl)nc2ccccc2c1C(=O)Nc1nc(-c2cccc3ccccc23)cs1. The molecule has 0 aliphatic rings. The van der Waals surface area contributed by atoms with E-state index >= 15 is 0 Å². The smallest absolute Gasteiger partial charge is 0.258 e. The number of fused-ring (bicyclic) bond motifs is 2. The van der Waals surface area contributed by atoms with Gasteiger partial charge in [0.2, 0.25) is 0 Å². The number of nitrogens with one attached hydrogen (secondary N) is 1. The van der Waals surface area contributed by atoms with E-state index in [1.54, 1.807) is 12.1 Å². The van der Waals surface area contributed by atoms with Crippen molar-refractivity contribution in [2.45, 2.75) is 6.92 Å². The van der Waals surface area contributed by atoms with Crippen LogP contribution in [0.2, 0.25) is 10.0 Å². The molecule has 0 saturated heterocycles. The molecule has 0 radical (unpaired) electrons. The van der Waals surface area contributed by atoms with Gasteiger partial charge in [-0.1, -0.05) is 83.9 Å². The zero-order valence-corrected chi connectivity index (χ0v) is 22.0. The van der Waals surface area contributed by atoms with Crippen molar-refractivity contribution in [3.05, 3.63) is 111 Å². The first-order valence-corrected chi connectivity index (χ1v) is 13.2. The molecule has 4 aromatic carbocycles. The molecule has 2 heterocycles. The van der Waals surface area contributed by atoms with Crippen LogP contribution in [0.1, 0.15) is 15.9 Å². The summed E-state index contributed by atoms with van der Waals surface area (Å²) < 4.78 is 0. The maximum absolute atomic E-state index is 13.7. The molecule has 0 fully saturated rings. The van der Waals surface area contributed by atoms with Crippen LogP contribution in [0.5, 0.6) is 0 Å². The second kappa shape index (κ2) is 9.60. The number of hydrogen-bond acceptors (Lipinski definition) is 4. The van der Waals surface area contributed by atoms with Gasteiger partial charge in [-0.2, -0.15) is 0 Å². The van der Waals surface area contributed by atoms with E-state index < -0.39 is 0 Å². The Morgan fingerprint density at radius 2 is 1.59 bits per heavy atom. The van der Waals surface area contributed by atoms with Crippen LogP contribution < -0.4 is 5.32 Å². The number of benzene rings is 4. The summed E-state index contributed by atoms with van der Waals surface area (Å²) in [4.78, 5) is 23.3. The lowest BCUT2D eigenvalue weighted by Crippen LogP contribution is -2.15. The number of nitrogens with zero attached hydrogens (tertiary/aromatic N) is 2. The van der Waals surface area contributed by atoms with Gasteiger partial charge in [0, 0.05) is 26.9 Å². The van der Waals surface area contributed by atoms with Crippen molar-refractivity contribution in [2.75, 3.05) is 5.32 Å². The zero-order chi connectivity index (χ0) is 25.5. The fourth-order valence-electron chi connectivity index (χ4n) is 4.61. The lowest BCUT2D eigenvalue weighted by Gasteiger charge is -2.15. The van der Waals surface area contributed by atoms with Crippen molar-refractivity contribution in [1.29, 1.82) is 0 Å². The van der Waals surface area contributed by atoms with Crippen LogP contribution >= 0.6 is 34.5 Å². The minimum absolute atomic E-state index is 0.249. The highest BCUT2D eigenvalue weighted by atomic mass is 35.5. The number of thiazole rings is 1. The monoisotopic (exact) mass is 539 g/mol. The van der Waals surface area contributed by atoms with Gasteiger partial charge in [-0.15, -0.1) is 11.3 Å². The maximum atomic E-state index is 13.7. The molecule has 180 valence electrons. The average Bonchev–Trinajstić information content (AvgIpc) is 3.36. The van der Waals surface area contributed by atoms with Crippen LogP contribution in [0.3, 0.4) is 0 Å². The molecule has 0 aliphatic carbocycles. The van der Waals surface area contributed by atoms with E-state index in [0.717, 1.165) is 38.5 Å². The number of halogens is 2. The molecule has 4 nitrogen and oxygen atoms in total. The quantitative estimate of drug-likeness (QED) is 0.243. The fraction of sp³-hybridized carbons (Fsp3) is 0.0333. The van der Waals surface area contributed by atoms with Crippen LogP contribution in [-0.4, -0.2) is 15.9 Å². The third-order valence-corrected chi connectivity index (χ3v) is 7.64. The first-order chi connectivity index (χ1) is 18.0. The minimum atomic E-state index is -0.249. The van der Waals surface area contributed by atoms with Gasteiger partial charge in [-0.25, -0.2) is 9.97 Å². The first-order valence-electron chi connectivity index (χ1n) is 11.6. The van der Waals surface area contributed by atoms with Gasteiger partial charge >= 0.3 is 0 Å². The summed E-state index contributed by atoms with van der Waals surface area (Å²) in [6.45, 7) is 1.89. The fourth-order valence-corrected chi connectivity index (χ4v) is 5.81. The van der Waals surface area contributed by atoms with Gasteiger partial charge in [0.1, 0.15) is 0 Å². The highest BCUT2D eigenvalue weighted by molar-refractivity contribution is 7.14. The molecule has 0 atom stereocenters. The van der Waals surface area contributed by atoms with Crippen LogP contribution in [-0.2, 0) is 0 Å². The maximum Gasteiger partial charge on any atom is 0.258 e.